The van der Waals surface area contributed by atoms with Gasteiger partial charge in [0.05, 0.1) is 0 Å². The van der Waals surface area contributed by atoms with Crippen LogP contribution in [0.3, 0.4) is 0 Å². The van der Waals surface area contributed by atoms with Crippen LogP contribution in [0, 0.1) is 11.7 Å². The Bertz CT molecular complexity index is 815. The molecular formula is C22H26FN3O2. The van der Waals surface area contributed by atoms with Crippen LogP contribution in [0.5, 0.6) is 0 Å². The lowest BCUT2D eigenvalue weighted by Gasteiger charge is -2.30. The summed E-state index contributed by atoms with van der Waals surface area (Å²) in [4.78, 5) is 27.0. The van der Waals surface area contributed by atoms with Crippen LogP contribution < -0.4 is 10.6 Å². The number of likely N-dealkylation sites (tertiary alicyclic amines) is 1. The van der Waals surface area contributed by atoms with Crippen LogP contribution in [0.25, 0.3) is 0 Å². The minimum Gasteiger partial charge on any atom is -0.351 e. The molecule has 2 amide bonds. The van der Waals surface area contributed by atoms with Gasteiger partial charge in [0.25, 0.3) is 11.8 Å². The summed E-state index contributed by atoms with van der Waals surface area (Å²) in [5.41, 5.74) is 1.36. The molecule has 1 aliphatic heterocycles. The molecule has 148 valence electrons. The van der Waals surface area contributed by atoms with Gasteiger partial charge < -0.3 is 15.5 Å². The Kier molecular flexibility index (Phi) is 6.76. The van der Waals surface area contributed by atoms with E-state index in [1.807, 2.05) is 0 Å². The lowest BCUT2D eigenvalue weighted by Crippen LogP contribution is -2.39. The molecule has 0 saturated carbocycles. The van der Waals surface area contributed by atoms with Crippen molar-refractivity contribution in [3.63, 3.8) is 0 Å². The van der Waals surface area contributed by atoms with Gasteiger partial charge >= 0.3 is 0 Å². The Morgan fingerprint density at radius 1 is 1.04 bits per heavy atom. The van der Waals surface area contributed by atoms with Crippen LogP contribution in [0.1, 0.15) is 40.5 Å². The maximum absolute atomic E-state index is 13.0. The average Bonchev–Trinajstić information content (AvgIpc) is 2.70. The lowest BCUT2D eigenvalue weighted by molar-refractivity contribution is 0.0943. The number of piperidine rings is 1. The highest BCUT2D eigenvalue weighted by Crippen LogP contribution is 2.15. The lowest BCUT2D eigenvalue weighted by atomic mass is 9.99. The molecule has 1 fully saturated rings. The van der Waals surface area contributed by atoms with Crippen molar-refractivity contribution in [1.29, 1.82) is 0 Å². The molecule has 3 rings (SSSR count). The molecule has 0 aliphatic carbocycles. The third kappa shape index (κ3) is 5.63. The van der Waals surface area contributed by atoms with Crippen molar-refractivity contribution < 1.29 is 14.0 Å². The first kappa shape index (κ1) is 20.0. The van der Waals surface area contributed by atoms with Gasteiger partial charge in [-0.3, -0.25) is 9.59 Å². The monoisotopic (exact) mass is 383 g/mol. The third-order valence-electron chi connectivity index (χ3n) is 5.08. The van der Waals surface area contributed by atoms with Crippen LogP contribution in [-0.2, 0) is 0 Å². The quantitative estimate of drug-likeness (QED) is 0.802. The number of rotatable bonds is 6. The predicted octanol–water partition coefficient (Wildman–Crippen LogP) is 3.54. The molecule has 0 spiro atoms. The topological polar surface area (TPSA) is 61.4 Å². The Morgan fingerprint density at radius 3 is 2.46 bits per heavy atom. The smallest absolute Gasteiger partial charge is 0.255 e. The maximum atomic E-state index is 13.0. The van der Waals surface area contributed by atoms with Crippen molar-refractivity contribution in [2.24, 2.45) is 5.92 Å². The standard InChI is InChI=1S/C22H26FN3O2/c1-16-9-12-26(13-10-16)14-11-24-21(27)18-3-2-4-20(15-18)25-22(28)17-5-7-19(23)8-6-17/h2-8,15-16H,9-14H2,1H3,(H,24,27)(H,25,28). The van der Waals surface area contributed by atoms with Crippen molar-refractivity contribution in [1.82, 2.24) is 10.2 Å². The van der Waals surface area contributed by atoms with Crippen molar-refractivity contribution in [2.75, 3.05) is 31.5 Å². The van der Waals surface area contributed by atoms with E-state index in [9.17, 15) is 14.0 Å². The number of halogens is 1. The van der Waals surface area contributed by atoms with Gasteiger partial charge in [0.1, 0.15) is 5.82 Å². The molecule has 5 nitrogen and oxygen atoms in total. The summed E-state index contributed by atoms with van der Waals surface area (Å²) >= 11 is 0. The first-order valence-electron chi connectivity index (χ1n) is 9.69. The fourth-order valence-electron chi connectivity index (χ4n) is 3.26. The van der Waals surface area contributed by atoms with Crippen LogP contribution in [0.2, 0.25) is 0 Å². The summed E-state index contributed by atoms with van der Waals surface area (Å²) in [6.45, 7) is 5.89. The van der Waals surface area contributed by atoms with Crippen LogP contribution in [0.15, 0.2) is 48.5 Å². The van der Waals surface area contributed by atoms with Crippen molar-refractivity contribution >= 4 is 17.5 Å². The van der Waals surface area contributed by atoms with Gasteiger partial charge in [-0.2, -0.15) is 0 Å². The number of nitrogens with one attached hydrogen (secondary N) is 2. The Morgan fingerprint density at radius 2 is 1.75 bits per heavy atom. The summed E-state index contributed by atoms with van der Waals surface area (Å²) < 4.78 is 13.0. The highest BCUT2D eigenvalue weighted by Gasteiger charge is 2.15. The molecule has 1 saturated heterocycles. The molecule has 0 unspecified atom stereocenters. The van der Waals surface area contributed by atoms with E-state index in [1.54, 1.807) is 24.3 Å². The maximum Gasteiger partial charge on any atom is 0.255 e. The number of carbonyl (C=O) groups excluding carboxylic acids is 2. The summed E-state index contributed by atoms with van der Waals surface area (Å²) in [5, 5.41) is 5.68. The number of hydrogen-bond acceptors (Lipinski definition) is 3. The van der Waals surface area contributed by atoms with E-state index in [-0.39, 0.29) is 11.8 Å². The molecule has 0 aromatic heterocycles. The zero-order chi connectivity index (χ0) is 19.9. The van der Waals surface area contributed by atoms with Gasteiger partial charge in [-0.05, 0) is 74.3 Å². The molecule has 1 heterocycles. The molecule has 28 heavy (non-hydrogen) atoms. The highest BCUT2D eigenvalue weighted by molar-refractivity contribution is 6.05. The fraction of sp³-hybridized carbons (Fsp3) is 0.364. The number of hydrogen-bond donors (Lipinski definition) is 2. The van der Waals surface area contributed by atoms with Gasteiger partial charge in [0.15, 0.2) is 0 Å². The Hall–Kier alpha value is -2.73. The zero-order valence-electron chi connectivity index (χ0n) is 16.1. The SMILES string of the molecule is CC1CCN(CCNC(=O)c2cccc(NC(=O)c3ccc(F)cc3)c2)CC1. The molecule has 6 heteroatoms. The van der Waals surface area contributed by atoms with Crippen LogP contribution in [-0.4, -0.2) is 42.9 Å². The Labute approximate surface area is 164 Å². The molecule has 0 atom stereocenters. The van der Waals surface area contributed by atoms with Crippen LogP contribution in [0.4, 0.5) is 10.1 Å². The van der Waals surface area contributed by atoms with Gasteiger partial charge in [0.2, 0.25) is 0 Å². The van der Waals surface area contributed by atoms with Gasteiger partial charge in [-0.25, -0.2) is 4.39 Å². The van der Waals surface area contributed by atoms with E-state index in [0.717, 1.165) is 25.6 Å². The predicted molar refractivity (Wildman–Crippen MR) is 108 cm³/mol. The third-order valence-corrected chi connectivity index (χ3v) is 5.08. The normalized spacial score (nSPS) is 15.2. The largest absolute Gasteiger partial charge is 0.351 e. The summed E-state index contributed by atoms with van der Waals surface area (Å²) in [5.74, 6) is -0.117. The van der Waals surface area contributed by atoms with Crippen molar-refractivity contribution in [2.45, 2.75) is 19.8 Å². The molecular weight excluding hydrogens is 357 g/mol. The van der Waals surface area contributed by atoms with Crippen LogP contribution >= 0.6 is 0 Å². The number of carbonyl (C=O) groups is 2. The second kappa shape index (κ2) is 9.46. The summed E-state index contributed by atoms with van der Waals surface area (Å²) in [6, 6.07) is 12.1. The molecule has 1 aliphatic rings. The van der Waals surface area contributed by atoms with E-state index >= 15 is 0 Å². The number of benzene rings is 2. The molecule has 2 N–H and O–H groups in total. The van der Waals surface area contributed by atoms with E-state index < -0.39 is 5.82 Å². The Balaban J connectivity index is 1.51. The highest BCUT2D eigenvalue weighted by atomic mass is 19.1. The van der Waals surface area contributed by atoms with Crippen molar-refractivity contribution in [3.05, 3.63) is 65.5 Å². The van der Waals surface area contributed by atoms with Gasteiger partial charge in [0, 0.05) is 29.9 Å². The van der Waals surface area contributed by atoms with E-state index in [4.69, 9.17) is 0 Å². The molecule has 0 bridgehead atoms. The minimum atomic E-state index is -0.394. The fourth-order valence-corrected chi connectivity index (χ4v) is 3.26. The van der Waals surface area contributed by atoms with Gasteiger partial charge in [-0.1, -0.05) is 13.0 Å². The van der Waals surface area contributed by atoms with Crippen molar-refractivity contribution in [3.8, 4) is 0 Å². The second-order valence-electron chi connectivity index (χ2n) is 7.32. The number of nitrogens with zero attached hydrogens (tertiary/aromatic N) is 1. The summed E-state index contributed by atoms with van der Waals surface area (Å²) in [6.07, 6.45) is 2.42. The molecule has 2 aromatic rings. The van der Waals surface area contributed by atoms with E-state index in [2.05, 4.69) is 22.5 Å². The zero-order valence-corrected chi connectivity index (χ0v) is 16.1. The first-order valence-corrected chi connectivity index (χ1v) is 9.69. The minimum absolute atomic E-state index is 0.164. The number of amides is 2. The summed E-state index contributed by atoms with van der Waals surface area (Å²) in [7, 11) is 0. The average molecular weight is 383 g/mol. The molecule has 2 aromatic carbocycles. The molecule has 0 radical (unpaired) electrons. The van der Waals surface area contributed by atoms with E-state index in [0.29, 0.717) is 23.4 Å². The first-order chi connectivity index (χ1) is 13.5. The van der Waals surface area contributed by atoms with E-state index in [1.165, 1.54) is 37.1 Å². The second-order valence-corrected chi connectivity index (χ2v) is 7.32. The number of anilines is 1. The van der Waals surface area contributed by atoms with Gasteiger partial charge in [-0.15, -0.1) is 0 Å².